The number of nitrogens with zero attached hydrogens (tertiary/aromatic N) is 5. The second kappa shape index (κ2) is 8.20. The molecule has 5 heterocycles. The summed E-state index contributed by atoms with van der Waals surface area (Å²) in [5.74, 6) is 1.42. The van der Waals surface area contributed by atoms with Crippen molar-refractivity contribution in [1.29, 1.82) is 0 Å². The number of pyridine rings is 2. The molecule has 1 fully saturated rings. The van der Waals surface area contributed by atoms with Crippen LogP contribution in [0.1, 0.15) is 56.2 Å². The lowest BCUT2D eigenvalue weighted by molar-refractivity contribution is 0.448. The third kappa shape index (κ3) is 3.35. The summed E-state index contributed by atoms with van der Waals surface area (Å²) in [6, 6.07) is 4.88. The molecule has 5 rings (SSSR count). The molecule has 168 valence electrons. The number of H-pyrrole nitrogens is 1. The maximum absolute atomic E-state index is 5.24. The summed E-state index contributed by atoms with van der Waals surface area (Å²) in [4.78, 5) is 15.8. The van der Waals surface area contributed by atoms with Crippen molar-refractivity contribution < 1.29 is 0 Å². The van der Waals surface area contributed by atoms with Crippen LogP contribution in [-0.4, -0.2) is 50.2 Å². The Balaban J connectivity index is 1.67. The SMILES string of the molecule is CCC[C@H]1CNCCN1c1ccc2[nH]c(-c3cn4ncnc4c(C)c3C)c(C(C)C)c2n1. The van der Waals surface area contributed by atoms with Crippen molar-refractivity contribution >= 4 is 22.5 Å². The average molecular weight is 432 g/mol. The van der Waals surface area contributed by atoms with E-state index in [-0.39, 0.29) is 0 Å². The van der Waals surface area contributed by atoms with Crippen LogP contribution in [0.2, 0.25) is 0 Å². The number of nitrogens with one attached hydrogen (secondary N) is 2. The maximum Gasteiger partial charge on any atom is 0.158 e. The van der Waals surface area contributed by atoms with E-state index < -0.39 is 0 Å². The first-order valence-electron chi connectivity index (χ1n) is 11.8. The van der Waals surface area contributed by atoms with E-state index in [1.807, 2.05) is 4.52 Å². The Hall–Kier alpha value is -2.93. The Bertz CT molecular complexity index is 1260. The zero-order valence-corrected chi connectivity index (χ0v) is 19.7. The van der Waals surface area contributed by atoms with Gasteiger partial charge in [0, 0.05) is 43.0 Å². The molecule has 0 saturated carbocycles. The summed E-state index contributed by atoms with van der Waals surface area (Å²) in [6.07, 6.45) is 6.07. The van der Waals surface area contributed by atoms with Crippen LogP contribution in [0.15, 0.2) is 24.7 Å². The molecule has 7 heteroatoms. The third-order valence-corrected chi connectivity index (χ3v) is 6.90. The van der Waals surface area contributed by atoms with Gasteiger partial charge >= 0.3 is 0 Å². The van der Waals surface area contributed by atoms with Crippen LogP contribution in [0.25, 0.3) is 27.9 Å². The zero-order chi connectivity index (χ0) is 22.4. The molecule has 1 atom stereocenters. The highest BCUT2D eigenvalue weighted by Gasteiger charge is 2.25. The first kappa shape index (κ1) is 20.9. The van der Waals surface area contributed by atoms with E-state index >= 15 is 0 Å². The minimum Gasteiger partial charge on any atom is -0.353 e. The van der Waals surface area contributed by atoms with Crippen LogP contribution in [0.3, 0.4) is 0 Å². The largest absolute Gasteiger partial charge is 0.353 e. The van der Waals surface area contributed by atoms with Gasteiger partial charge in [0.2, 0.25) is 0 Å². The Morgan fingerprint density at radius 3 is 2.81 bits per heavy atom. The van der Waals surface area contributed by atoms with E-state index in [0.717, 1.165) is 59.0 Å². The summed E-state index contributed by atoms with van der Waals surface area (Å²) in [6.45, 7) is 14.1. The molecule has 0 spiro atoms. The fourth-order valence-corrected chi connectivity index (χ4v) is 5.12. The molecule has 0 aliphatic carbocycles. The highest BCUT2D eigenvalue weighted by molar-refractivity contribution is 5.90. The van der Waals surface area contributed by atoms with Gasteiger partial charge in [-0.25, -0.2) is 14.5 Å². The third-order valence-electron chi connectivity index (χ3n) is 6.90. The Morgan fingerprint density at radius 2 is 2.03 bits per heavy atom. The van der Waals surface area contributed by atoms with Gasteiger partial charge in [-0.1, -0.05) is 27.2 Å². The van der Waals surface area contributed by atoms with E-state index in [4.69, 9.17) is 4.98 Å². The molecule has 2 N–H and O–H groups in total. The monoisotopic (exact) mass is 431 g/mol. The number of hydrogen-bond acceptors (Lipinski definition) is 5. The van der Waals surface area contributed by atoms with Crippen LogP contribution in [-0.2, 0) is 0 Å². The number of rotatable bonds is 5. The standard InChI is InChI=1S/C25H33N7/c1-6-7-18-12-26-10-11-31(18)21-9-8-20-24(30-21)22(15(2)3)23(29-20)19-13-32-25(27-14-28-32)17(5)16(19)4/h8-9,13-15,18,26,29H,6-7,10-12H2,1-5H3/t18-/m0/s1. The maximum atomic E-state index is 5.24. The number of aromatic nitrogens is 5. The van der Waals surface area contributed by atoms with E-state index in [1.54, 1.807) is 6.33 Å². The van der Waals surface area contributed by atoms with Crippen LogP contribution >= 0.6 is 0 Å². The predicted molar refractivity (Wildman–Crippen MR) is 131 cm³/mol. The lowest BCUT2D eigenvalue weighted by Gasteiger charge is -2.37. The van der Waals surface area contributed by atoms with Crippen LogP contribution in [0, 0.1) is 13.8 Å². The molecule has 1 aliphatic heterocycles. The van der Waals surface area contributed by atoms with E-state index in [0.29, 0.717) is 12.0 Å². The minimum absolute atomic E-state index is 0.335. The molecular formula is C25H33N7. The van der Waals surface area contributed by atoms with Crippen molar-refractivity contribution in [3.05, 3.63) is 41.3 Å². The highest BCUT2D eigenvalue weighted by atomic mass is 15.3. The molecule has 0 radical (unpaired) electrons. The van der Waals surface area contributed by atoms with Crippen LogP contribution in [0.5, 0.6) is 0 Å². The van der Waals surface area contributed by atoms with Crippen molar-refractivity contribution in [2.75, 3.05) is 24.5 Å². The molecule has 0 amide bonds. The number of aryl methyl sites for hydroxylation is 1. The second-order valence-electron chi connectivity index (χ2n) is 9.30. The summed E-state index contributed by atoms with van der Waals surface area (Å²) in [5.41, 5.74) is 9.04. The summed E-state index contributed by atoms with van der Waals surface area (Å²) < 4.78 is 1.88. The quantitative estimate of drug-likeness (QED) is 0.483. The van der Waals surface area contributed by atoms with Crippen molar-refractivity contribution in [3.8, 4) is 11.3 Å². The summed E-state index contributed by atoms with van der Waals surface area (Å²) in [5, 5.41) is 7.95. The van der Waals surface area contributed by atoms with Gasteiger partial charge in [0.15, 0.2) is 5.65 Å². The molecule has 4 aromatic heterocycles. The number of anilines is 1. The van der Waals surface area contributed by atoms with E-state index in [1.165, 1.54) is 24.0 Å². The number of aromatic amines is 1. The smallest absolute Gasteiger partial charge is 0.158 e. The van der Waals surface area contributed by atoms with Gasteiger partial charge < -0.3 is 15.2 Å². The second-order valence-corrected chi connectivity index (χ2v) is 9.30. The van der Waals surface area contributed by atoms with Crippen molar-refractivity contribution in [3.63, 3.8) is 0 Å². The molecule has 0 bridgehead atoms. The van der Waals surface area contributed by atoms with E-state index in [2.05, 4.69) is 78.2 Å². The lowest BCUT2D eigenvalue weighted by Crippen LogP contribution is -2.51. The number of hydrogen-bond donors (Lipinski definition) is 2. The fraction of sp³-hybridized carbons (Fsp3) is 0.480. The average Bonchev–Trinajstić information content (AvgIpc) is 3.41. The van der Waals surface area contributed by atoms with Gasteiger partial charge in [-0.2, -0.15) is 5.10 Å². The number of piperazine rings is 1. The fourth-order valence-electron chi connectivity index (χ4n) is 5.12. The Morgan fingerprint density at radius 1 is 1.19 bits per heavy atom. The Labute approximate surface area is 189 Å². The normalized spacial score (nSPS) is 17.2. The summed E-state index contributed by atoms with van der Waals surface area (Å²) >= 11 is 0. The zero-order valence-electron chi connectivity index (χ0n) is 19.7. The van der Waals surface area contributed by atoms with Gasteiger partial charge in [0.05, 0.1) is 16.7 Å². The molecular weight excluding hydrogens is 398 g/mol. The first-order chi connectivity index (χ1) is 15.5. The predicted octanol–water partition coefficient (Wildman–Crippen LogP) is 4.59. The molecule has 4 aromatic rings. The van der Waals surface area contributed by atoms with Crippen molar-refractivity contribution in [2.24, 2.45) is 0 Å². The van der Waals surface area contributed by atoms with Gasteiger partial charge in [-0.05, 0) is 49.4 Å². The van der Waals surface area contributed by atoms with Gasteiger partial charge in [-0.3, -0.25) is 0 Å². The number of fused-ring (bicyclic) bond motifs is 2. The lowest BCUT2D eigenvalue weighted by atomic mass is 9.95. The Kier molecular flexibility index (Phi) is 5.37. The topological polar surface area (TPSA) is 74.1 Å². The molecule has 32 heavy (non-hydrogen) atoms. The molecule has 0 unspecified atom stereocenters. The van der Waals surface area contributed by atoms with Crippen LogP contribution < -0.4 is 10.2 Å². The van der Waals surface area contributed by atoms with Crippen LogP contribution in [0.4, 0.5) is 5.82 Å². The highest BCUT2D eigenvalue weighted by Crippen LogP contribution is 2.38. The van der Waals surface area contributed by atoms with Gasteiger partial charge in [-0.15, -0.1) is 0 Å². The van der Waals surface area contributed by atoms with Gasteiger partial charge in [0.25, 0.3) is 0 Å². The van der Waals surface area contributed by atoms with E-state index in [9.17, 15) is 0 Å². The molecule has 7 nitrogen and oxygen atoms in total. The van der Waals surface area contributed by atoms with Crippen molar-refractivity contribution in [1.82, 2.24) is 29.9 Å². The first-order valence-corrected chi connectivity index (χ1v) is 11.8. The van der Waals surface area contributed by atoms with Gasteiger partial charge in [0.1, 0.15) is 12.1 Å². The minimum atomic E-state index is 0.335. The van der Waals surface area contributed by atoms with Crippen molar-refractivity contribution in [2.45, 2.75) is 59.4 Å². The summed E-state index contributed by atoms with van der Waals surface area (Å²) in [7, 11) is 0. The molecule has 1 saturated heterocycles. The molecule has 0 aromatic carbocycles. The molecule has 1 aliphatic rings.